The molecule has 5 nitrogen and oxygen atoms in total. The van der Waals surface area contributed by atoms with Gasteiger partial charge in [0.15, 0.2) is 5.78 Å². The number of Topliss-reactive ketones (excluding diaryl/α,β-unsaturated/α-hetero) is 1. The number of nitrogens with one attached hydrogen (secondary N) is 1. The number of benzene rings is 1. The van der Waals surface area contributed by atoms with Gasteiger partial charge in [0.05, 0.1) is 24.1 Å². The quantitative estimate of drug-likeness (QED) is 0.862. The van der Waals surface area contributed by atoms with Crippen LogP contribution in [0.1, 0.15) is 43.7 Å². The summed E-state index contributed by atoms with van der Waals surface area (Å²) in [5.74, 6) is 0.689. The second-order valence-electron chi connectivity index (χ2n) is 7.96. The number of rotatable bonds is 3. The van der Waals surface area contributed by atoms with Crippen LogP contribution in [0.2, 0.25) is 0 Å². The van der Waals surface area contributed by atoms with Gasteiger partial charge in [-0.1, -0.05) is 24.1 Å². The van der Waals surface area contributed by atoms with Crippen LogP contribution in [0, 0.1) is 6.92 Å². The largest absolute Gasteiger partial charge is 0.488 e. The number of halogens is 1. The van der Waals surface area contributed by atoms with Crippen molar-refractivity contribution in [2.24, 2.45) is 0 Å². The predicted molar refractivity (Wildman–Crippen MR) is 106 cm³/mol. The Morgan fingerprint density at radius 2 is 2.04 bits per heavy atom. The third kappa shape index (κ3) is 3.76. The molecule has 0 spiro atoms. The predicted octanol–water partition coefficient (Wildman–Crippen LogP) is 2.89. The SMILES string of the molecule is Cc1ccc2c(c1)[C@]1(C)C=C(NC(=O)CN3CCCCC3)C(=O)C[C@@H]1O2.Cl. The molecule has 146 valence electrons. The molecular weight excluding hydrogens is 364 g/mol. The summed E-state index contributed by atoms with van der Waals surface area (Å²) in [6.45, 7) is 6.42. The third-order valence-electron chi connectivity index (χ3n) is 5.86. The van der Waals surface area contributed by atoms with Crippen molar-refractivity contribution in [1.29, 1.82) is 0 Å². The van der Waals surface area contributed by atoms with Crippen LogP contribution < -0.4 is 10.1 Å². The highest BCUT2D eigenvalue weighted by molar-refractivity contribution is 6.01. The fraction of sp³-hybridized carbons (Fsp3) is 0.524. The van der Waals surface area contributed by atoms with Gasteiger partial charge in [-0.2, -0.15) is 0 Å². The summed E-state index contributed by atoms with van der Waals surface area (Å²) in [7, 11) is 0. The minimum absolute atomic E-state index is 0. The van der Waals surface area contributed by atoms with Crippen LogP contribution in [0.4, 0.5) is 0 Å². The molecule has 0 bridgehead atoms. The van der Waals surface area contributed by atoms with E-state index < -0.39 is 0 Å². The average Bonchev–Trinajstić information content (AvgIpc) is 2.88. The number of nitrogens with zero attached hydrogens (tertiary/aromatic N) is 1. The van der Waals surface area contributed by atoms with Crippen LogP contribution in [-0.4, -0.2) is 42.3 Å². The Morgan fingerprint density at radius 1 is 1.30 bits per heavy atom. The topological polar surface area (TPSA) is 58.6 Å². The normalized spacial score (nSPS) is 27.0. The Labute approximate surface area is 166 Å². The molecule has 1 aliphatic carbocycles. The molecule has 1 aromatic rings. The van der Waals surface area contributed by atoms with Crippen molar-refractivity contribution < 1.29 is 14.3 Å². The number of carbonyl (C=O) groups is 2. The van der Waals surface area contributed by atoms with E-state index in [2.05, 4.69) is 30.1 Å². The first-order valence-corrected chi connectivity index (χ1v) is 9.52. The molecule has 3 aliphatic rings. The van der Waals surface area contributed by atoms with E-state index in [4.69, 9.17) is 4.74 Å². The lowest BCUT2D eigenvalue weighted by atomic mass is 9.73. The first kappa shape index (κ1) is 19.9. The Morgan fingerprint density at radius 3 is 2.78 bits per heavy atom. The van der Waals surface area contributed by atoms with Gasteiger partial charge in [-0.3, -0.25) is 14.5 Å². The van der Waals surface area contributed by atoms with Crippen molar-refractivity contribution in [1.82, 2.24) is 10.2 Å². The second kappa shape index (κ2) is 7.64. The molecule has 1 N–H and O–H groups in total. The lowest BCUT2D eigenvalue weighted by Gasteiger charge is -2.32. The molecule has 0 aromatic heterocycles. The van der Waals surface area contributed by atoms with E-state index in [1.54, 1.807) is 0 Å². The number of aryl methyl sites for hydroxylation is 1. The van der Waals surface area contributed by atoms with Gasteiger partial charge in [0.2, 0.25) is 5.91 Å². The molecule has 27 heavy (non-hydrogen) atoms. The highest BCUT2D eigenvalue weighted by Crippen LogP contribution is 2.48. The summed E-state index contributed by atoms with van der Waals surface area (Å²) in [5.41, 5.74) is 2.29. The lowest BCUT2D eigenvalue weighted by molar-refractivity contribution is -0.125. The maximum absolute atomic E-state index is 12.5. The van der Waals surface area contributed by atoms with E-state index >= 15 is 0 Å². The van der Waals surface area contributed by atoms with Crippen molar-refractivity contribution in [2.75, 3.05) is 19.6 Å². The molecule has 1 aromatic carbocycles. The standard InChI is InChI=1S/C21H26N2O3.ClH/c1-14-6-7-18-15(10-14)21(2)12-16(17(24)11-19(21)26-18)22-20(25)13-23-8-4-3-5-9-23;/h6-7,10,12,19H,3-5,8-9,11,13H2,1-2H3,(H,22,25);1H/t19-,21-;/m0./s1. The molecule has 0 saturated carbocycles. The zero-order valence-electron chi connectivity index (χ0n) is 15.9. The van der Waals surface area contributed by atoms with Crippen molar-refractivity contribution >= 4 is 24.1 Å². The molecule has 2 heterocycles. The summed E-state index contributed by atoms with van der Waals surface area (Å²) in [6, 6.07) is 6.11. The number of carbonyl (C=O) groups excluding carboxylic acids is 2. The molecule has 1 fully saturated rings. The van der Waals surface area contributed by atoms with Gasteiger partial charge in [-0.15, -0.1) is 12.4 Å². The Kier molecular flexibility index (Phi) is 5.63. The van der Waals surface area contributed by atoms with E-state index in [-0.39, 0.29) is 35.6 Å². The van der Waals surface area contributed by atoms with Crippen LogP contribution in [0.3, 0.4) is 0 Å². The fourth-order valence-electron chi connectivity index (χ4n) is 4.32. The average molecular weight is 391 g/mol. The van der Waals surface area contributed by atoms with Gasteiger partial charge in [0.25, 0.3) is 0 Å². The molecule has 0 radical (unpaired) electrons. The fourth-order valence-corrected chi connectivity index (χ4v) is 4.32. The number of amides is 1. The number of fused-ring (bicyclic) bond motifs is 3. The van der Waals surface area contributed by atoms with Gasteiger partial charge >= 0.3 is 0 Å². The van der Waals surface area contributed by atoms with Crippen molar-refractivity contribution in [2.45, 2.75) is 51.0 Å². The third-order valence-corrected chi connectivity index (χ3v) is 5.86. The smallest absolute Gasteiger partial charge is 0.238 e. The molecule has 1 saturated heterocycles. The summed E-state index contributed by atoms with van der Waals surface area (Å²) in [4.78, 5) is 27.2. The van der Waals surface area contributed by atoms with E-state index in [0.717, 1.165) is 42.8 Å². The van der Waals surface area contributed by atoms with Crippen LogP contribution in [0.25, 0.3) is 0 Å². The Hall–Kier alpha value is -1.85. The molecule has 2 aliphatic heterocycles. The maximum atomic E-state index is 12.5. The Bertz CT molecular complexity index is 786. The minimum Gasteiger partial charge on any atom is -0.488 e. The minimum atomic E-state index is -0.386. The van der Waals surface area contributed by atoms with Crippen molar-refractivity contribution in [3.8, 4) is 5.75 Å². The first-order chi connectivity index (χ1) is 12.5. The summed E-state index contributed by atoms with van der Waals surface area (Å²) < 4.78 is 6.03. The molecule has 2 atom stereocenters. The maximum Gasteiger partial charge on any atom is 0.238 e. The zero-order valence-corrected chi connectivity index (χ0v) is 16.7. The molecule has 6 heteroatoms. The van der Waals surface area contributed by atoms with Gasteiger partial charge in [-0.25, -0.2) is 0 Å². The van der Waals surface area contributed by atoms with E-state index in [0.29, 0.717) is 18.7 Å². The zero-order chi connectivity index (χ0) is 18.3. The van der Waals surface area contributed by atoms with Gasteiger partial charge in [0, 0.05) is 5.56 Å². The van der Waals surface area contributed by atoms with Crippen LogP contribution in [-0.2, 0) is 15.0 Å². The highest BCUT2D eigenvalue weighted by Gasteiger charge is 2.48. The van der Waals surface area contributed by atoms with E-state index in [1.807, 2.05) is 18.2 Å². The van der Waals surface area contributed by atoms with E-state index in [9.17, 15) is 9.59 Å². The number of piperidine rings is 1. The number of hydrogen-bond acceptors (Lipinski definition) is 4. The van der Waals surface area contributed by atoms with Gasteiger partial charge in [-0.05, 0) is 51.9 Å². The Balaban J connectivity index is 0.00000210. The summed E-state index contributed by atoms with van der Waals surface area (Å²) in [6.07, 6.45) is 5.52. The summed E-state index contributed by atoms with van der Waals surface area (Å²) >= 11 is 0. The lowest BCUT2D eigenvalue weighted by Crippen LogP contribution is -2.45. The number of likely N-dealkylation sites (tertiary alicyclic amines) is 1. The number of allylic oxidation sites excluding steroid dienone is 1. The second-order valence-corrected chi connectivity index (χ2v) is 7.96. The highest BCUT2D eigenvalue weighted by atomic mass is 35.5. The molecule has 1 amide bonds. The molecular formula is C21H27ClN2O3. The van der Waals surface area contributed by atoms with E-state index in [1.165, 1.54) is 6.42 Å². The summed E-state index contributed by atoms with van der Waals surface area (Å²) in [5, 5.41) is 2.87. The van der Waals surface area contributed by atoms with Gasteiger partial charge < -0.3 is 10.1 Å². The molecule has 4 rings (SSSR count). The number of ketones is 1. The van der Waals surface area contributed by atoms with Crippen molar-refractivity contribution in [3.63, 3.8) is 0 Å². The molecule has 0 unspecified atom stereocenters. The number of ether oxygens (including phenoxy) is 1. The van der Waals surface area contributed by atoms with Crippen LogP contribution >= 0.6 is 12.4 Å². The van der Waals surface area contributed by atoms with Crippen LogP contribution in [0.15, 0.2) is 30.0 Å². The van der Waals surface area contributed by atoms with Crippen molar-refractivity contribution in [3.05, 3.63) is 41.1 Å². The first-order valence-electron chi connectivity index (χ1n) is 9.52. The monoisotopic (exact) mass is 390 g/mol. The van der Waals surface area contributed by atoms with Gasteiger partial charge in [0.1, 0.15) is 11.9 Å². The van der Waals surface area contributed by atoms with Crippen LogP contribution in [0.5, 0.6) is 5.75 Å². The number of hydrogen-bond donors (Lipinski definition) is 1.